The highest BCUT2D eigenvalue weighted by Crippen LogP contribution is 2.05. The molecule has 3 aromatic rings. The van der Waals surface area contributed by atoms with Gasteiger partial charge >= 0.3 is 6.09 Å². The summed E-state index contributed by atoms with van der Waals surface area (Å²) in [5.41, 5.74) is 2.89. The van der Waals surface area contributed by atoms with Gasteiger partial charge in [0.25, 0.3) is 12.6 Å². The highest BCUT2D eigenvalue weighted by molar-refractivity contribution is 5.94. The van der Waals surface area contributed by atoms with E-state index in [1.165, 1.54) is 5.56 Å². The lowest BCUT2D eigenvalue weighted by Gasteiger charge is -2.14. The minimum atomic E-state index is -0.475. The van der Waals surface area contributed by atoms with Crippen molar-refractivity contribution in [1.82, 2.24) is 10.6 Å². The zero-order chi connectivity index (χ0) is 22.8. The van der Waals surface area contributed by atoms with Crippen LogP contribution in [0.25, 0.3) is 0 Å². The number of rotatable bonds is 9. The Morgan fingerprint density at radius 3 is 1.81 bits per heavy atom. The van der Waals surface area contributed by atoms with Gasteiger partial charge in [0.2, 0.25) is 0 Å². The number of aromatic nitrogens is 1. The van der Waals surface area contributed by atoms with Crippen molar-refractivity contribution in [3.8, 4) is 0 Å². The second-order valence-electron chi connectivity index (χ2n) is 7.96. The molecule has 2 amide bonds. The Kier molecular flexibility index (Phi) is 8.37. The third kappa shape index (κ3) is 7.54. The van der Waals surface area contributed by atoms with Gasteiger partial charge in [0.05, 0.1) is 5.56 Å². The fraction of sp³-hybridized carbons (Fsp3) is 0.269. The summed E-state index contributed by atoms with van der Waals surface area (Å²) in [6.45, 7) is 3.99. The molecule has 1 heterocycles. The number of hydrogen-bond acceptors (Lipinski definition) is 3. The number of amides is 2. The molecule has 32 heavy (non-hydrogen) atoms. The van der Waals surface area contributed by atoms with Gasteiger partial charge in [-0.3, -0.25) is 4.79 Å². The van der Waals surface area contributed by atoms with Gasteiger partial charge in [-0.1, -0.05) is 60.7 Å². The van der Waals surface area contributed by atoms with Gasteiger partial charge in [-0.2, -0.15) is 4.57 Å². The van der Waals surface area contributed by atoms with E-state index in [0.29, 0.717) is 5.56 Å². The van der Waals surface area contributed by atoms with E-state index < -0.39 is 6.09 Å². The molecule has 0 aliphatic rings. The van der Waals surface area contributed by atoms with E-state index in [2.05, 4.69) is 10.6 Å². The van der Waals surface area contributed by atoms with Crippen LogP contribution in [0, 0.1) is 0 Å². The third-order valence-corrected chi connectivity index (χ3v) is 5.01. The molecule has 6 heteroatoms. The smallest absolute Gasteiger partial charge is 0.388 e. The summed E-state index contributed by atoms with van der Waals surface area (Å²) in [6.07, 6.45) is 4.47. The summed E-state index contributed by atoms with van der Waals surface area (Å²) in [7, 11) is 0. The van der Waals surface area contributed by atoms with Crippen LogP contribution in [0.1, 0.15) is 35.3 Å². The minimum absolute atomic E-state index is 0.0159. The van der Waals surface area contributed by atoms with Crippen LogP contribution in [0.4, 0.5) is 4.79 Å². The highest BCUT2D eigenvalue weighted by atomic mass is 16.6. The van der Waals surface area contributed by atoms with Gasteiger partial charge in [-0.05, 0) is 37.8 Å². The van der Waals surface area contributed by atoms with Gasteiger partial charge in [0.1, 0.15) is 0 Å². The molecule has 0 spiro atoms. The molecule has 166 valence electrons. The SMILES string of the molecule is C[C@H](Cc1ccccc1)NC(=O)c1cc[n+](COC(=O)N[C@@H](C)Cc2ccccc2)cc1. The second-order valence-corrected chi connectivity index (χ2v) is 7.96. The fourth-order valence-corrected chi connectivity index (χ4v) is 3.42. The standard InChI is InChI=1S/C26H29N3O3/c1-20(17-22-9-5-3-6-10-22)27-25(30)24-13-15-29(16-14-24)19-32-26(31)28-21(2)18-23-11-7-4-8-12-23/h3-16,20-21H,17-19H2,1-2H3,(H-,27,28,30,31)/p+1/t20-,21+/m1/s1. The van der Waals surface area contributed by atoms with Crippen LogP contribution in [0.5, 0.6) is 0 Å². The average Bonchev–Trinajstić information content (AvgIpc) is 2.79. The summed E-state index contributed by atoms with van der Waals surface area (Å²) in [4.78, 5) is 24.5. The third-order valence-electron chi connectivity index (χ3n) is 5.01. The van der Waals surface area contributed by atoms with Crippen molar-refractivity contribution in [3.05, 3.63) is 102 Å². The topological polar surface area (TPSA) is 71.3 Å². The first-order valence-corrected chi connectivity index (χ1v) is 10.8. The van der Waals surface area contributed by atoms with Gasteiger partial charge in [-0.15, -0.1) is 0 Å². The van der Waals surface area contributed by atoms with Crippen molar-refractivity contribution in [2.24, 2.45) is 0 Å². The van der Waals surface area contributed by atoms with Crippen LogP contribution >= 0.6 is 0 Å². The number of carbonyl (C=O) groups excluding carboxylic acids is 2. The summed E-state index contributed by atoms with van der Waals surface area (Å²) >= 11 is 0. The number of pyridine rings is 1. The van der Waals surface area contributed by atoms with E-state index in [1.807, 2.05) is 74.5 Å². The van der Waals surface area contributed by atoms with Gasteiger partial charge < -0.3 is 15.4 Å². The maximum Gasteiger partial charge on any atom is 0.412 e. The average molecular weight is 433 g/mol. The Morgan fingerprint density at radius 1 is 0.781 bits per heavy atom. The molecule has 0 aliphatic carbocycles. The summed E-state index contributed by atoms with van der Waals surface area (Å²) in [6, 6.07) is 23.4. The van der Waals surface area contributed by atoms with E-state index in [1.54, 1.807) is 29.1 Å². The molecule has 2 aromatic carbocycles. The lowest BCUT2D eigenvalue weighted by Crippen LogP contribution is -2.41. The summed E-state index contributed by atoms with van der Waals surface area (Å²) in [5.74, 6) is -0.131. The van der Waals surface area contributed by atoms with Crippen molar-refractivity contribution in [3.63, 3.8) is 0 Å². The molecule has 0 aliphatic heterocycles. The number of ether oxygens (including phenoxy) is 1. The Bertz CT molecular complexity index is 992. The molecule has 1 aromatic heterocycles. The van der Waals surface area contributed by atoms with Crippen LogP contribution in [0.15, 0.2) is 85.2 Å². The first-order chi connectivity index (χ1) is 15.5. The van der Waals surface area contributed by atoms with E-state index in [9.17, 15) is 9.59 Å². The lowest BCUT2D eigenvalue weighted by atomic mass is 10.1. The quantitative estimate of drug-likeness (QED) is 0.507. The molecule has 0 unspecified atom stereocenters. The van der Waals surface area contributed by atoms with Crippen molar-refractivity contribution < 1.29 is 18.9 Å². The summed E-state index contributed by atoms with van der Waals surface area (Å²) in [5, 5.41) is 5.84. The zero-order valence-electron chi connectivity index (χ0n) is 18.5. The van der Waals surface area contributed by atoms with E-state index >= 15 is 0 Å². The zero-order valence-corrected chi connectivity index (χ0v) is 18.5. The van der Waals surface area contributed by atoms with Crippen molar-refractivity contribution in [1.29, 1.82) is 0 Å². The van der Waals surface area contributed by atoms with E-state index in [0.717, 1.165) is 18.4 Å². The maximum atomic E-state index is 12.5. The number of nitrogens with one attached hydrogen (secondary N) is 2. The van der Waals surface area contributed by atoms with Crippen LogP contribution in [0.3, 0.4) is 0 Å². The van der Waals surface area contributed by atoms with Crippen molar-refractivity contribution >= 4 is 12.0 Å². The number of benzene rings is 2. The van der Waals surface area contributed by atoms with Crippen LogP contribution in [-0.4, -0.2) is 24.1 Å². The Morgan fingerprint density at radius 2 is 1.28 bits per heavy atom. The molecule has 0 bridgehead atoms. The van der Waals surface area contributed by atoms with Gasteiger partial charge in [0.15, 0.2) is 12.4 Å². The predicted molar refractivity (Wildman–Crippen MR) is 123 cm³/mol. The Hall–Kier alpha value is -3.67. The molecule has 0 fully saturated rings. The van der Waals surface area contributed by atoms with Crippen LogP contribution in [-0.2, 0) is 24.3 Å². The fourth-order valence-electron chi connectivity index (χ4n) is 3.42. The van der Waals surface area contributed by atoms with Gasteiger partial charge in [0, 0.05) is 24.2 Å². The molecule has 6 nitrogen and oxygen atoms in total. The predicted octanol–water partition coefficient (Wildman–Crippen LogP) is 3.65. The Balaban J connectivity index is 1.41. The van der Waals surface area contributed by atoms with Crippen LogP contribution < -0.4 is 15.2 Å². The molecule has 0 saturated heterocycles. The molecule has 2 atom stereocenters. The maximum absolute atomic E-state index is 12.5. The number of carbonyl (C=O) groups is 2. The largest absolute Gasteiger partial charge is 0.412 e. The number of hydrogen-bond donors (Lipinski definition) is 2. The van der Waals surface area contributed by atoms with Crippen LogP contribution in [0.2, 0.25) is 0 Å². The lowest BCUT2D eigenvalue weighted by molar-refractivity contribution is -0.727. The molecule has 2 N–H and O–H groups in total. The van der Waals surface area contributed by atoms with Crippen molar-refractivity contribution in [2.75, 3.05) is 0 Å². The normalized spacial score (nSPS) is 12.4. The highest BCUT2D eigenvalue weighted by Gasteiger charge is 2.14. The van der Waals surface area contributed by atoms with E-state index in [4.69, 9.17) is 4.74 Å². The second kappa shape index (κ2) is 11.6. The monoisotopic (exact) mass is 432 g/mol. The molecule has 3 rings (SSSR count). The number of nitrogens with zero attached hydrogens (tertiary/aromatic N) is 1. The molecular formula is C26H30N3O3+. The summed E-state index contributed by atoms with van der Waals surface area (Å²) < 4.78 is 6.98. The van der Waals surface area contributed by atoms with Gasteiger partial charge in [-0.25, -0.2) is 4.79 Å². The van der Waals surface area contributed by atoms with E-state index in [-0.39, 0.29) is 24.7 Å². The molecular weight excluding hydrogens is 402 g/mol. The first kappa shape index (κ1) is 23.0. The molecule has 0 radical (unpaired) electrons. The minimum Gasteiger partial charge on any atom is -0.388 e. The van der Waals surface area contributed by atoms with Crippen molar-refractivity contribution in [2.45, 2.75) is 45.5 Å². The first-order valence-electron chi connectivity index (χ1n) is 10.8. The Labute approximate surface area is 189 Å². The number of alkyl carbamates (subject to hydrolysis) is 1. The molecule has 0 saturated carbocycles.